The summed E-state index contributed by atoms with van der Waals surface area (Å²) in [6.07, 6.45) is 1.77. The Kier molecular flexibility index (Phi) is 4.82. The van der Waals surface area contributed by atoms with Crippen molar-refractivity contribution in [3.63, 3.8) is 0 Å². The highest BCUT2D eigenvalue weighted by Crippen LogP contribution is 2.25. The highest BCUT2D eigenvalue weighted by Gasteiger charge is 2.04. The van der Waals surface area contributed by atoms with E-state index in [1.165, 1.54) is 0 Å². The molecule has 0 unspecified atom stereocenters. The van der Waals surface area contributed by atoms with Crippen molar-refractivity contribution in [2.45, 2.75) is 0 Å². The predicted octanol–water partition coefficient (Wildman–Crippen LogP) is 4.02. The lowest BCUT2D eigenvalue weighted by Crippen LogP contribution is -2.04. The van der Waals surface area contributed by atoms with Crippen molar-refractivity contribution in [2.24, 2.45) is 0 Å². The molecule has 0 fully saturated rings. The van der Waals surface area contributed by atoms with Gasteiger partial charge in [-0.1, -0.05) is 36.1 Å². The fourth-order valence-electron chi connectivity index (χ4n) is 1.93. The maximum Gasteiger partial charge on any atom is 0.339 e. The van der Waals surface area contributed by atoms with Gasteiger partial charge in [0.25, 0.3) is 0 Å². The van der Waals surface area contributed by atoms with Crippen LogP contribution in [0.2, 0.25) is 0 Å². The summed E-state index contributed by atoms with van der Waals surface area (Å²) >= 11 is 1.56. The molecule has 112 valence electrons. The van der Waals surface area contributed by atoms with Crippen LogP contribution < -0.4 is 0 Å². The van der Waals surface area contributed by atoms with E-state index in [-0.39, 0.29) is 12.6 Å². The minimum absolute atomic E-state index is 0.0740. The van der Waals surface area contributed by atoms with E-state index < -0.39 is 0 Å². The Bertz CT molecular complexity index is 845. The first kappa shape index (κ1) is 15.0. The van der Waals surface area contributed by atoms with Gasteiger partial charge in [0.05, 0.1) is 21.0 Å². The van der Waals surface area contributed by atoms with Crippen LogP contribution in [-0.4, -0.2) is 17.6 Å². The van der Waals surface area contributed by atoms with Gasteiger partial charge in [0.2, 0.25) is 0 Å². The average Bonchev–Trinajstić information content (AvgIpc) is 3.09. The summed E-state index contributed by atoms with van der Waals surface area (Å²) in [4.78, 5) is 18.0. The number of aromatic nitrogens is 1. The third-order valence-electron chi connectivity index (χ3n) is 3.02. The first-order valence-corrected chi connectivity index (χ1v) is 7.87. The molecule has 0 aliphatic rings. The van der Waals surface area contributed by atoms with Gasteiger partial charge in [-0.25, -0.2) is 4.79 Å². The zero-order valence-electron chi connectivity index (χ0n) is 12.2. The van der Waals surface area contributed by atoms with E-state index in [0.29, 0.717) is 5.56 Å². The number of thiophene rings is 1. The molecule has 4 heteroatoms. The van der Waals surface area contributed by atoms with Crippen molar-refractivity contribution >= 4 is 17.3 Å². The van der Waals surface area contributed by atoms with Gasteiger partial charge >= 0.3 is 5.97 Å². The Balaban J connectivity index is 1.58. The number of hydrogen-bond donors (Lipinski definition) is 0. The van der Waals surface area contributed by atoms with Gasteiger partial charge in [-0.05, 0) is 36.4 Å². The number of nitrogens with zero attached hydrogens (tertiary/aromatic N) is 1. The van der Waals surface area contributed by atoms with Crippen LogP contribution in [0.5, 0.6) is 0 Å². The molecule has 0 atom stereocenters. The van der Waals surface area contributed by atoms with E-state index in [4.69, 9.17) is 4.74 Å². The first-order chi connectivity index (χ1) is 11.3. The number of pyridine rings is 1. The Morgan fingerprint density at radius 2 is 1.87 bits per heavy atom. The molecule has 3 rings (SSSR count). The maximum atomic E-state index is 11.7. The van der Waals surface area contributed by atoms with Crippen LogP contribution in [0.1, 0.15) is 15.2 Å². The molecule has 23 heavy (non-hydrogen) atoms. The zero-order chi connectivity index (χ0) is 15.9. The number of carbonyl (C=O) groups excluding carboxylic acids is 1. The molecule has 0 radical (unpaired) electrons. The lowest BCUT2D eigenvalue weighted by atomic mass is 10.2. The molecule has 0 saturated heterocycles. The van der Waals surface area contributed by atoms with Gasteiger partial charge in [-0.2, -0.15) is 0 Å². The number of benzene rings is 1. The summed E-state index contributed by atoms with van der Waals surface area (Å²) in [5.74, 6) is 5.51. The van der Waals surface area contributed by atoms with E-state index in [2.05, 4.69) is 16.8 Å². The topological polar surface area (TPSA) is 39.2 Å². The van der Waals surface area contributed by atoms with Crippen LogP contribution in [-0.2, 0) is 4.74 Å². The number of esters is 1. The molecule has 2 aromatic heterocycles. The van der Waals surface area contributed by atoms with E-state index in [0.717, 1.165) is 15.4 Å². The molecule has 0 amide bonds. The SMILES string of the molecule is O=C(OCC#Cc1ccc(-c2ccccn2)s1)c1ccccc1. The fourth-order valence-corrected chi connectivity index (χ4v) is 2.79. The Labute approximate surface area is 138 Å². The van der Waals surface area contributed by atoms with Gasteiger partial charge in [0.15, 0.2) is 6.61 Å². The van der Waals surface area contributed by atoms with E-state index in [9.17, 15) is 4.79 Å². The van der Waals surface area contributed by atoms with Crippen LogP contribution in [0.4, 0.5) is 0 Å². The largest absolute Gasteiger partial charge is 0.449 e. The minimum atomic E-state index is -0.361. The molecule has 0 N–H and O–H groups in total. The molecule has 0 aliphatic heterocycles. The second-order valence-corrected chi connectivity index (χ2v) is 5.71. The average molecular weight is 319 g/mol. The minimum Gasteiger partial charge on any atom is -0.449 e. The second kappa shape index (κ2) is 7.39. The van der Waals surface area contributed by atoms with Crippen LogP contribution in [0.3, 0.4) is 0 Å². The van der Waals surface area contributed by atoms with Crippen LogP contribution in [0, 0.1) is 11.8 Å². The quantitative estimate of drug-likeness (QED) is 0.541. The summed E-state index contributed by atoms with van der Waals surface area (Å²) in [5, 5.41) is 0. The number of carbonyl (C=O) groups is 1. The standard InChI is InChI=1S/C19H13NO2S/c21-19(15-7-2-1-3-8-15)22-14-6-9-16-11-12-18(23-16)17-10-4-5-13-20-17/h1-5,7-8,10-13H,14H2. The lowest BCUT2D eigenvalue weighted by Gasteiger charge is -1.99. The van der Waals surface area contributed by atoms with Gasteiger partial charge in [-0.3, -0.25) is 4.98 Å². The van der Waals surface area contributed by atoms with Gasteiger partial charge in [0.1, 0.15) is 0 Å². The fraction of sp³-hybridized carbons (Fsp3) is 0.0526. The molecular weight excluding hydrogens is 306 g/mol. The van der Waals surface area contributed by atoms with Crippen molar-refractivity contribution in [1.29, 1.82) is 0 Å². The monoisotopic (exact) mass is 319 g/mol. The molecule has 3 nitrogen and oxygen atoms in total. The Morgan fingerprint density at radius 1 is 1.04 bits per heavy atom. The predicted molar refractivity (Wildman–Crippen MR) is 91.2 cm³/mol. The smallest absolute Gasteiger partial charge is 0.339 e. The molecule has 0 saturated carbocycles. The second-order valence-electron chi connectivity index (χ2n) is 4.62. The summed E-state index contributed by atoms with van der Waals surface area (Å²) in [6, 6.07) is 18.6. The molecule has 1 aromatic carbocycles. The van der Waals surface area contributed by atoms with Gasteiger partial charge in [0, 0.05) is 6.20 Å². The van der Waals surface area contributed by atoms with E-state index in [1.54, 1.807) is 41.8 Å². The molecule has 0 aliphatic carbocycles. The highest BCUT2D eigenvalue weighted by atomic mass is 32.1. The summed E-state index contributed by atoms with van der Waals surface area (Å²) in [5.41, 5.74) is 1.46. The number of rotatable bonds is 3. The number of hydrogen-bond acceptors (Lipinski definition) is 4. The maximum absolute atomic E-state index is 11.7. The van der Waals surface area contributed by atoms with Gasteiger partial charge in [-0.15, -0.1) is 11.3 Å². The van der Waals surface area contributed by atoms with E-state index in [1.807, 2.05) is 36.4 Å². The first-order valence-electron chi connectivity index (χ1n) is 7.05. The van der Waals surface area contributed by atoms with Crippen LogP contribution in [0.25, 0.3) is 10.6 Å². The Morgan fingerprint density at radius 3 is 2.65 bits per heavy atom. The van der Waals surface area contributed by atoms with Crippen molar-refractivity contribution in [3.8, 4) is 22.4 Å². The Hall–Kier alpha value is -2.90. The molecular formula is C19H13NO2S. The van der Waals surface area contributed by atoms with Crippen molar-refractivity contribution < 1.29 is 9.53 Å². The normalized spacial score (nSPS) is 9.74. The number of ether oxygens (including phenoxy) is 1. The van der Waals surface area contributed by atoms with Crippen LogP contribution in [0.15, 0.2) is 66.9 Å². The summed E-state index contributed by atoms with van der Waals surface area (Å²) in [7, 11) is 0. The van der Waals surface area contributed by atoms with Crippen LogP contribution >= 0.6 is 11.3 Å². The summed E-state index contributed by atoms with van der Waals surface area (Å²) in [6.45, 7) is 0.0740. The van der Waals surface area contributed by atoms with Crippen molar-refractivity contribution in [2.75, 3.05) is 6.61 Å². The van der Waals surface area contributed by atoms with Crippen molar-refractivity contribution in [3.05, 3.63) is 77.3 Å². The van der Waals surface area contributed by atoms with Gasteiger partial charge < -0.3 is 4.74 Å². The third-order valence-corrected chi connectivity index (χ3v) is 4.04. The zero-order valence-corrected chi connectivity index (χ0v) is 13.0. The molecule has 2 heterocycles. The molecule has 0 spiro atoms. The molecule has 3 aromatic rings. The lowest BCUT2D eigenvalue weighted by molar-refractivity contribution is 0.0556. The third kappa shape index (κ3) is 4.06. The van der Waals surface area contributed by atoms with E-state index >= 15 is 0 Å². The highest BCUT2D eigenvalue weighted by molar-refractivity contribution is 7.16. The summed E-state index contributed by atoms with van der Waals surface area (Å²) < 4.78 is 5.12. The van der Waals surface area contributed by atoms with Crippen molar-refractivity contribution in [1.82, 2.24) is 4.98 Å². The molecule has 0 bridgehead atoms.